The van der Waals surface area contributed by atoms with Crippen molar-refractivity contribution in [3.63, 3.8) is 0 Å². The van der Waals surface area contributed by atoms with Gasteiger partial charge in [0.05, 0.1) is 6.04 Å². The SMILES string of the molecule is Cc1[nH]c2ccccc2c1C1c2ccccc2C(=O)N1CC(=O)NO. The Morgan fingerprint density at radius 1 is 1.20 bits per heavy atom. The predicted molar refractivity (Wildman–Crippen MR) is 92.3 cm³/mol. The van der Waals surface area contributed by atoms with Crippen LogP contribution in [-0.4, -0.2) is 33.5 Å². The van der Waals surface area contributed by atoms with Crippen LogP contribution < -0.4 is 5.48 Å². The van der Waals surface area contributed by atoms with Crippen molar-refractivity contribution < 1.29 is 14.8 Å². The number of fused-ring (bicyclic) bond motifs is 2. The molecule has 1 atom stereocenters. The quantitative estimate of drug-likeness (QED) is 0.508. The Hall–Kier alpha value is -3.12. The standard InChI is InChI=1S/C19H17N3O3/c1-11-17(14-8-4-5-9-15(14)20-11)18-12-6-2-3-7-13(12)19(24)22(18)10-16(23)21-25/h2-9,18,20,25H,10H2,1H3,(H,21,23). The van der Waals surface area contributed by atoms with E-state index in [1.807, 2.05) is 49.4 Å². The Morgan fingerprint density at radius 2 is 1.92 bits per heavy atom. The second-order valence-electron chi connectivity index (χ2n) is 6.17. The molecule has 1 unspecified atom stereocenters. The molecule has 0 spiro atoms. The lowest BCUT2D eigenvalue weighted by Crippen LogP contribution is -2.38. The normalized spacial score (nSPS) is 16.3. The van der Waals surface area contributed by atoms with Crippen LogP contribution in [0.1, 0.15) is 33.2 Å². The number of carbonyl (C=O) groups excluding carboxylic acids is 2. The van der Waals surface area contributed by atoms with Gasteiger partial charge in [-0.1, -0.05) is 36.4 Å². The molecule has 6 heteroatoms. The number of hydrogen-bond acceptors (Lipinski definition) is 3. The maximum absolute atomic E-state index is 12.9. The van der Waals surface area contributed by atoms with E-state index in [1.165, 1.54) is 4.90 Å². The average Bonchev–Trinajstić information content (AvgIpc) is 3.09. The molecule has 2 heterocycles. The van der Waals surface area contributed by atoms with Crippen LogP contribution in [0.25, 0.3) is 10.9 Å². The molecule has 0 bridgehead atoms. The fourth-order valence-electron chi connectivity index (χ4n) is 3.69. The molecule has 2 amide bonds. The number of hydroxylamine groups is 1. The number of hydrogen-bond donors (Lipinski definition) is 3. The average molecular weight is 335 g/mol. The molecular weight excluding hydrogens is 318 g/mol. The number of para-hydroxylation sites is 1. The van der Waals surface area contributed by atoms with Crippen LogP contribution in [-0.2, 0) is 4.79 Å². The van der Waals surface area contributed by atoms with Crippen molar-refractivity contribution in [2.75, 3.05) is 6.54 Å². The van der Waals surface area contributed by atoms with E-state index in [2.05, 4.69) is 4.98 Å². The Balaban J connectivity index is 1.93. The topological polar surface area (TPSA) is 85.4 Å². The largest absolute Gasteiger partial charge is 0.358 e. The number of carbonyl (C=O) groups is 2. The summed E-state index contributed by atoms with van der Waals surface area (Å²) in [4.78, 5) is 29.5. The zero-order valence-corrected chi connectivity index (χ0v) is 13.6. The number of H-pyrrole nitrogens is 1. The first-order chi connectivity index (χ1) is 12.1. The highest BCUT2D eigenvalue weighted by Gasteiger charge is 2.40. The summed E-state index contributed by atoms with van der Waals surface area (Å²) in [6.45, 7) is 1.75. The van der Waals surface area contributed by atoms with Gasteiger partial charge in [-0.15, -0.1) is 0 Å². The monoisotopic (exact) mass is 335 g/mol. The number of nitrogens with one attached hydrogen (secondary N) is 2. The summed E-state index contributed by atoms with van der Waals surface area (Å²) >= 11 is 0. The molecule has 0 aliphatic carbocycles. The summed E-state index contributed by atoms with van der Waals surface area (Å²) in [7, 11) is 0. The fraction of sp³-hybridized carbons (Fsp3) is 0.158. The van der Waals surface area contributed by atoms with E-state index in [-0.39, 0.29) is 18.5 Å². The van der Waals surface area contributed by atoms with Crippen molar-refractivity contribution >= 4 is 22.7 Å². The summed E-state index contributed by atoms with van der Waals surface area (Å²) in [5.41, 5.74) is 5.97. The van der Waals surface area contributed by atoms with Crippen molar-refractivity contribution in [2.45, 2.75) is 13.0 Å². The number of aromatic amines is 1. The van der Waals surface area contributed by atoms with Crippen molar-refractivity contribution in [3.8, 4) is 0 Å². The van der Waals surface area contributed by atoms with E-state index in [1.54, 1.807) is 11.5 Å². The lowest BCUT2D eigenvalue weighted by atomic mass is 9.95. The lowest BCUT2D eigenvalue weighted by Gasteiger charge is -2.25. The number of amides is 2. The minimum absolute atomic E-state index is 0.214. The van der Waals surface area contributed by atoms with Crippen LogP contribution in [0.4, 0.5) is 0 Å². The summed E-state index contributed by atoms with van der Waals surface area (Å²) < 4.78 is 0. The van der Waals surface area contributed by atoms with Crippen molar-refractivity contribution in [1.29, 1.82) is 0 Å². The molecular formula is C19H17N3O3. The van der Waals surface area contributed by atoms with Crippen molar-refractivity contribution in [1.82, 2.24) is 15.4 Å². The molecule has 1 aliphatic rings. The highest BCUT2D eigenvalue weighted by molar-refractivity contribution is 6.02. The van der Waals surface area contributed by atoms with Crippen molar-refractivity contribution in [2.24, 2.45) is 0 Å². The van der Waals surface area contributed by atoms with Gasteiger partial charge in [0.2, 0.25) is 0 Å². The number of benzene rings is 2. The summed E-state index contributed by atoms with van der Waals surface area (Å²) in [5, 5.41) is 9.92. The second kappa shape index (κ2) is 5.75. The van der Waals surface area contributed by atoms with Crippen LogP contribution in [0.5, 0.6) is 0 Å². The van der Waals surface area contributed by atoms with Crippen LogP contribution >= 0.6 is 0 Å². The maximum Gasteiger partial charge on any atom is 0.262 e. The molecule has 3 N–H and O–H groups in total. The van der Waals surface area contributed by atoms with E-state index in [4.69, 9.17) is 5.21 Å². The van der Waals surface area contributed by atoms with Gasteiger partial charge in [0.1, 0.15) is 6.54 Å². The van der Waals surface area contributed by atoms with Gasteiger partial charge in [-0.05, 0) is 24.6 Å². The van der Waals surface area contributed by atoms with E-state index in [0.717, 1.165) is 27.7 Å². The first-order valence-electron chi connectivity index (χ1n) is 8.02. The Bertz CT molecular complexity index is 992. The number of nitrogens with zero attached hydrogens (tertiary/aromatic N) is 1. The minimum Gasteiger partial charge on any atom is -0.358 e. The Morgan fingerprint density at radius 3 is 2.72 bits per heavy atom. The molecule has 4 rings (SSSR count). The number of aryl methyl sites for hydroxylation is 1. The molecule has 126 valence electrons. The molecule has 0 saturated heterocycles. The molecule has 0 radical (unpaired) electrons. The van der Waals surface area contributed by atoms with Crippen LogP contribution in [0.15, 0.2) is 48.5 Å². The summed E-state index contributed by atoms with van der Waals surface area (Å²) in [6, 6.07) is 14.9. The molecule has 6 nitrogen and oxygen atoms in total. The van der Waals surface area contributed by atoms with Gasteiger partial charge in [0, 0.05) is 27.7 Å². The van der Waals surface area contributed by atoms with Gasteiger partial charge in [-0.25, -0.2) is 5.48 Å². The van der Waals surface area contributed by atoms with Gasteiger partial charge in [-0.2, -0.15) is 0 Å². The predicted octanol–water partition coefficient (Wildman–Crippen LogP) is 2.53. The van der Waals surface area contributed by atoms with Crippen molar-refractivity contribution in [3.05, 3.63) is 70.9 Å². The smallest absolute Gasteiger partial charge is 0.262 e. The van der Waals surface area contributed by atoms with Crippen LogP contribution in [0.3, 0.4) is 0 Å². The van der Waals surface area contributed by atoms with E-state index < -0.39 is 5.91 Å². The van der Waals surface area contributed by atoms with Gasteiger partial charge in [0.25, 0.3) is 11.8 Å². The molecule has 0 fully saturated rings. The molecule has 0 saturated carbocycles. The van der Waals surface area contributed by atoms with Crippen LogP contribution in [0.2, 0.25) is 0 Å². The van der Waals surface area contributed by atoms with E-state index in [0.29, 0.717) is 5.56 Å². The molecule has 1 aromatic heterocycles. The van der Waals surface area contributed by atoms with E-state index >= 15 is 0 Å². The van der Waals surface area contributed by atoms with Crippen LogP contribution in [0, 0.1) is 6.92 Å². The third kappa shape index (κ3) is 2.30. The second-order valence-corrected chi connectivity index (χ2v) is 6.17. The molecule has 3 aromatic rings. The zero-order chi connectivity index (χ0) is 17.6. The minimum atomic E-state index is -0.622. The fourth-order valence-corrected chi connectivity index (χ4v) is 3.69. The molecule has 25 heavy (non-hydrogen) atoms. The van der Waals surface area contributed by atoms with Gasteiger partial charge < -0.3 is 9.88 Å². The lowest BCUT2D eigenvalue weighted by molar-refractivity contribution is -0.130. The maximum atomic E-state index is 12.9. The van der Waals surface area contributed by atoms with Gasteiger partial charge in [0.15, 0.2) is 0 Å². The first-order valence-corrected chi connectivity index (χ1v) is 8.02. The van der Waals surface area contributed by atoms with Gasteiger partial charge >= 0.3 is 0 Å². The third-order valence-corrected chi connectivity index (χ3v) is 4.71. The van der Waals surface area contributed by atoms with Gasteiger partial charge in [-0.3, -0.25) is 14.8 Å². The Labute approximate surface area is 144 Å². The molecule has 2 aromatic carbocycles. The summed E-state index contributed by atoms with van der Waals surface area (Å²) in [5.74, 6) is -0.836. The van der Waals surface area contributed by atoms with E-state index in [9.17, 15) is 9.59 Å². The third-order valence-electron chi connectivity index (χ3n) is 4.71. The first kappa shape index (κ1) is 15.4. The zero-order valence-electron chi connectivity index (χ0n) is 13.6. The summed E-state index contributed by atoms with van der Waals surface area (Å²) in [6.07, 6.45) is 0. The Kier molecular flexibility index (Phi) is 3.54. The highest BCUT2D eigenvalue weighted by atomic mass is 16.5. The number of aromatic nitrogens is 1. The molecule has 1 aliphatic heterocycles. The number of rotatable bonds is 3. The highest BCUT2D eigenvalue weighted by Crippen LogP contribution is 2.42.